The third kappa shape index (κ3) is 3.87. The predicted octanol–water partition coefficient (Wildman–Crippen LogP) is 2.72. The maximum atomic E-state index is 10.4. The third-order valence-electron chi connectivity index (χ3n) is 2.66. The molecule has 1 rings (SSSR count). The highest BCUT2D eigenvalue weighted by molar-refractivity contribution is 5.85. The smallest absolute Gasteiger partial charge is 0.328 e. The van der Waals surface area contributed by atoms with Crippen molar-refractivity contribution in [3.05, 3.63) is 29.5 Å². The normalized spacial score (nSPS) is 10.8. The van der Waals surface area contributed by atoms with Gasteiger partial charge in [0, 0.05) is 25.4 Å². The summed E-state index contributed by atoms with van der Waals surface area (Å²) in [6.07, 6.45) is 5.47. The van der Waals surface area contributed by atoms with E-state index >= 15 is 0 Å². The molecule has 0 amide bonds. The van der Waals surface area contributed by atoms with Gasteiger partial charge < -0.3 is 10.0 Å². The Morgan fingerprint density at radius 1 is 1.50 bits per heavy atom. The van der Waals surface area contributed by atoms with E-state index in [1.165, 1.54) is 0 Å². The number of nitrogens with zero attached hydrogens (tertiary/aromatic N) is 2. The van der Waals surface area contributed by atoms with Crippen LogP contribution >= 0.6 is 0 Å². The largest absolute Gasteiger partial charge is 0.478 e. The zero-order valence-corrected chi connectivity index (χ0v) is 11.2. The number of carboxylic acids is 1. The molecular weight excluding hydrogens is 228 g/mol. The molecule has 0 atom stereocenters. The third-order valence-corrected chi connectivity index (χ3v) is 2.66. The second-order valence-corrected chi connectivity index (χ2v) is 4.16. The minimum atomic E-state index is -0.946. The Morgan fingerprint density at radius 3 is 2.72 bits per heavy atom. The molecule has 0 spiro atoms. The van der Waals surface area contributed by atoms with Gasteiger partial charge in [0.1, 0.15) is 5.82 Å². The number of aromatic nitrogens is 1. The molecule has 1 aromatic rings. The number of hydrogen-bond acceptors (Lipinski definition) is 3. The molecule has 0 fully saturated rings. The number of aryl methyl sites for hydroxylation is 1. The number of pyridine rings is 1. The second-order valence-electron chi connectivity index (χ2n) is 4.16. The Balaban J connectivity index is 2.94. The molecule has 0 unspecified atom stereocenters. The molecule has 0 saturated carbocycles. The van der Waals surface area contributed by atoms with Crippen LogP contribution in [0, 0.1) is 6.92 Å². The van der Waals surface area contributed by atoms with Crippen LogP contribution in [0.4, 0.5) is 5.82 Å². The minimum Gasteiger partial charge on any atom is -0.478 e. The first-order valence-electron chi connectivity index (χ1n) is 6.21. The summed E-state index contributed by atoms with van der Waals surface area (Å²) in [5.41, 5.74) is 1.88. The fourth-order valence-corrected chi connectivity index (χ4v) is 1.86. The maximum Gasteiger partial charge on any atom is 0.328 e. The van der Waals surface area contributed by atoms with Gasteiger partial charge in [-0.25, -0.2) is 9.78 Å². The standard InChI is InChI=1S/C14H20N2O2/c1-4-8-16(5-2)14-11(3)9-12(10-15-14)6-7-13(17)18/h6-7,9-10H,4-5,8H2,1-3H3,(H,17,18)/b7-6+. The van der Waals surface area contributed by atoms with Crippen LogP contribution in [0.25, 0.3) is 6.08 Å². The van der Waals surface area contributed by atoms with Gasteiger partial charge in [-0.15, -0.1) is 0 Å². The van der Waals surface area contributed by atoms with E-state index in [-0.39, 0.29) is 0 Å². The Morgan fingerprint density at radius 2 is 2.22 bits per heavy atom. The van der Waals surface area contributed by atoms with Crippen molar-refractivity contribution in [2.24, 2.45) is 0 Å². The topological polar surface area (TPSA) is 53.4 Å². The van der Waals surface area contributed by atoms with Crippen LogP contribution in [-0.2, 0) is 4.79 Å². The molecule has 1 heterocycles. The van der Waals surface area contributed by atoms with E-state index < -0.39 is 5.97 Å². The number of anilines is 1. The van der Waals surface area contributed by atoms with Crippen molar-refractivity contribution >= 4 is 17.9 Å². The van der Waals surface area contributed by atoms with Crippen molar-refractivity contribution in [3.8, 4) is 0 Å². The predicted molar refractivity (Wildman–Crippen MR) is 73.8 cm³/mol. The first-order chi connectivity index (χ1) is 8.58. The quantitative estimate of drug-likeness (QED) is 0.786. The van der Waals surface area contributed by atoms with E-state index in [0.717, 1.165) is 42.5 Å². The van der Waals surface area contributed by atoms with Crippen LogP contribution in [-0.4, -0.2) is 29.1 Å². The van der Waals surface area contributed by atoms with Crippen molar-refractivity contribution in [1.29, 1.82) is 0 Å². The van der Waals surface area contributed by atoms with Crippen molar-refractivity contribution < 1.29 is 9.90 Å². The number of hydrogen-bond donors (Lipinski definition) is 1. The molecule has 98 valence electrons. The highest BCUT2D eigenvalue weighted by atomic mass is 16.4. The molecule has 18 heavy (non-hydrogen) atoms. The van der Waals surface area contributed by atoms with Gasteiger partial charge in [-0.05, 0) is 43.5 Å². The lowest BCUT2D eigenvalue weighted by molar-refractivity contribution is -0.131. The van der Waals surface area contributed by atoms with Crippen molar-refractivity contribution in [2.45, 2.75) is 27.2 Å². The van der Waals surface area contributed by atoms with Gasteiger partial charge >= 0.3 is 5.97 Å². The van der Waals surface area contributed by atoms with Gasteiger partial charge in [-0.2, -0.15) is 0 Å². The summed E-state index contributed by atoms with van der Waals surface area (Å²) < 4.78 is 0. The highest BCUT2D eigenvalue weighted by Crippen LogP contribution is 2.18. The summed E-state index contributed by atoms with van der Waals surface area (Å²) >= 11 is 0. The van der Waals surface area contributed by atoms with Gasteiger partial charge in [0.05, 0.1) is 0 Å². The summed E-state index contributed by atoms with van der Waals surface area (Å²) in [7, 11) is 0. The zero-order chi connectivity index (χ0) is 13.5. The maximum absolute atomic E-state index is 10.4. The fourth-order valence-electron chi connectivity index (χ4n) is 1.86. The summed E-state index contributed by atoms with van der Waals surface area (Å²) in [5, 5.41) is 8.58. The second kappa shape index (κ2) is 6.79. The molecule has 0 bridgehead atoms. The molecular formula is C14H20N2O2. The van der Waals surface area contributed by atoms with E-state index in [1.807, 2.05) is 13.0 Å². The van der Waals surface area contributed by atoms with Crippen molar-refractivity contribution in [2.75, 3.05) is 18.0 Å². The Bertz CT molecular complexity index is 441. The van der Waals surface area contributed by atoms with Crippen LogP contribution in [0.3, 0.4) is 0 Å². The Labute approximate surface area is 108 Å². The van der Waals surface area contributed by atoms with Crippen LogP contribution in [0.2, 0.25) is 0 Å². The molecule has 0 aliphatic carbocycles. The average molecular weight is 248 g/mol. The van der Waals surface area contributed by atoms with Gasteiger partial charge in [0.2, 0.25) is 0 Å². The summed E-state index contributed by atoms with van der Waals surface area (Å²) in [5.74, 6) is 0.0322. The fraction of sp³-hybridized carbons (Fsp3) is 0.429. The first-order valence-corrected chi connectivity index (χ1v) is 6.21. The Kier molecular flexibility index (Phi) is 5.36. The molecule has 0 saturated heterocycles. The SMILES string of the molecule is CCCN(CC)c1ncc(/C=C/C(=O)O)cc1C. The number of aliphatic carboxylic acids is 1. The van der Waals surface area contributed by atoms with E-state index in [4.69, 9.17) is 5.11 Å². The minimum absolute atomic E-state index is 0.811. The molecule has 0 aliphatic heterocycles. The van der Waals surface area contributed by atoms with E-state index in [2.05, 4.69) is 23.7 Å². The molecule has 4 nitrogen and oxygen atoms in total. The molecule has 4 heteroatoms. The van der Waals surface area contributed by atoms with Crippen molar-refractivity contribution in [3.63, 3.8) is 0 Å². The number of carboxylic acid groups (broad SMARTS) is 1. The monoisotopic (exact) mass is 248 g/mol. The number of rotatable bonds is 6. The lowest BCUT2D eigenvalue weighted by atomic mass is 10.2. The van der Waals surface area contributed by atoms with Crippen LogP contribution in [0.15, 0.2) is 18.3 Å². The van der Waals surface area contributed by atoms with Crippen LogP contribution < -0.4 is 4.90 Å². The molecule has 0 aliphatic rings. The summed E-state index contributed by atoms with van der Waals surface area (Å²) in [6.45, 7) is 8.15. The Hall–Kier alpha value is -1.84. The molecule has 1 aromatic heterocycles. The van der Waals surface area contributed by atoms with Crippen LogP contribution in [0.5, 0.6) is 0 Å². The van der Waals surface area contributed by atoms with Crippen LogP contribution in [0.1, 0.15) is 31.4 Å². The van der Waals surface area contributed by atoms with Gasteiger partial charge in [-0.3, -0.25) is 0 Å². The van der Waals surface area contributed by atoms with Gasteiger partial charge in [0.25, 0.3) is 0 Å². The molecule has 0 radical (unpaired) electrons. The first kappa shape index (κ1) is 14.2. The highest BCUT2D eigenvalue weighted by Gasteiger charge is 2.08. The van der Waals surface area contributed by atoms with E-state index in [0.29, 0.717) is 0 Å². The average Bonchev–Trinajstić information content (AvgIpc) is 2.34. The lowest BCUT2D eigenvalue weighted by Gasteiger charge is -2.23. The zero-order valence-electron chi connectivity index (χ0n) is 11.2. The van der Waals surface area contributed by atoms with Gasteiger partial charge in [0.15, 0.2) is 0 Å². The van der Waals surface area contributed by atoms with Crippen molar-refractivity contribution in [1.82, 2.24) is 4.98 Å². The lowest BCUT2D eigenvalue weighted by Crippen LogP contribution is -2.25. The number of carbonyl (C=O) groups is 1. The molecule has 0 aromatic carbocycles. The van der Waals surface area contributed by atoms with Gasteiger partial charge in [-0.1, -0.05) is 6.92 Å². The van der Waals surface area contributed by atoms with E-state index in [9.17, 15) is 4.79 Å². The molecule has 1 N–H and O–H groups in total. The summed E-state index contributed by atoms with van der Waals surface area (Å²) in [4.78, 5) is 17.1. The summed E-state index contributed by atoms with van der Waals surface area (Å²) in [6, 6.07) is 1.96. The van der Waals surface area contributed by atoms with E-state index in [1.54, 1.807) is 12.3 Å².